The summed E-state index contributed by atoms with van der Waals surface area (Å²) < 4.78 is 13.6. The normalized spacial score (nSPS) is 9.29. The molecule has 2 aromatic rings. The number of rotatable bonds is 3. The summed E-state index contributed by atoms with van der Waals surface area (Å²) in [5.41, 5.74) is 2.87. The van der Waals surface area contributed by atoms with Crippen LogP contribution < -0.4 is 10.6 Å². The number of hydrogen-bond donors (Lipinski definition) is 2. The molecule has 0 spiro atoms. The van der Waals surface area contributed by atoms with E-state index in [1.807, 2.05) is 41.7 Å². The predicted octanol–water partition coefficient (Wildman–Crippen LogP) is 3.04. The third kappa shape index (κ3) is 6.00. The number of amides is 4. The summed E-state index contributed by atoms with van der Waals surface area (Å²) in [5, 5.41) is 3.55. The number of imide groups is 2. The molecule has 0 bridgehead atoms. The van der Waals surface area contributed by atoms with Gasteiger partial charge < -0.3 is 0 Å². The van der Waals surface area contributed by atoms with Gasteiger partial charge in [-0.15, -0.1) is 0 Å². The predicted molar refractivity (Wildman–Crippen MR) is 89.6 cm³/mol. The first-order valence-electron chi connectivity index (χ1n) is 7.34. The summed E-state index contributed by atoms with van der Waals surface area (Å²) >= 11 is 0. The number of nitrogens with one attached hydrogen (secondary N) is 2. The van der Waals surface area contributed by atoms with Crippen molar-refractivity contribution >= 4 is 18.3 Å². The van der Waals surface area contributed by atoms with Gasteiger partial charge in [0.15, 0.2) is 0 Å². The second-order valence-electron chi connectivity index (χ2n) is 4.76. The monoisotopic (exact) mass is 330 g/mol. The smallest absolute Gasteiger partial charge is 0.280 e. The van der Waals surface area contributed by atoms with Gasteiger partial charge in [0.2, 0.25) is 12.3 Å². The van der Waals surface area contributed by atoms with E-state index in [0.717, 1.165) is 12.0 Å². The minimum Gasteiger partial charge on any atom is -0.280 e. The summed E-state index contributed by atoms with van der Waals surface area (Å²) in [6, 6.07) is 14.0. The highest BCUT2D eigenvalue weighted by atomic mass is 19.1. The zero-order chi connectivity index (χ0) is 17.9. The Morgan fingerprint density at radius 1 is 1.04 bits per heavy atom. The van der Waals surface area contributed by atoms with E-state index in [4.69, 9.17) is 0 Å². The lowest BCUT2D eigenvalue weighted by molar-refractivity contribution is -0.117. The second-order valence-corrected chi connectivity index (χ2v) is 4.76. The van der Waals surface area contributed by atoms with Crippen LogP contribution in [0.4, 0.5) is 9.18 Å². The van der Waals surface area contributed by atoms with Crippen molar-refractivity contribution < 1.29 is 18.8 Å². The molecule has 5 nitrogen and oxygen atoms in total. The van der Waals surface area contributed by atoms with Gasteiger partial charge in [-0.3, -0.25) is 20.2 Å². The van der Waals surface area contributed by atoms with Crippen LogP contribution in [0.3, 0.4) is 0 Å². The average Bonchev–Trinajstić information content (AvgIpc) is 2.55. The van der Waals surface area contributed by atoms with Crippen LogP contribution >= 0.6 is 0 Å². The van der Waals surface area contributed by atoms with E-state index in [1.165, 1.54) is 18.6 Å². The Balaban J connectivity index is 0.000000277. The van der Waals surface area contributed by atoms with Gasteiger partial charge in [0.1, 0.15) is 5.82 Å². The quantitative estimate of drug-likeness (QED) is 0.849. The number of halogens is 1. The van der Waals surface area contributed by atoms with Crippen molar-refractivity contribution in [3.63, 3.8) is 0 Å². The van der Waals surface area contributed by atoms with Crippen molar-refractivity contribution in [3.8, 4) is 11.1 Å². The lowest BCUT2D eigenvalue weighted by atomic mass is 9.98. The van der Waals surface area contributed by atoms with Gasteiger partial charge in [-0.25, -0.2) is 9.18 Å². The van der Waals surface area contributed by atoms with Gasteiger partial charge in [0.05, 0.1) is 0 Å². The molecule has 0 heterocycles. The van der Waals surface area contributed by atoms with Crippen LogP contribution in [0.1, 0.15) is 19.4 Å². The molecule has 0 fully saturated rings. The molecule has 4 amide bonds. The van der Waals surface area contributed by atoms with Crippen LogP contribution in [0.15, 0.2) is 48.5 Å². The SMILES string of the molecule is CC(=O)NC(=O)NC=O.CCc1ccccc1-c1ccccc1F. The van der Waals surface area contributed by atoms with Gasteiger partial charge >= 0.3 is 6.03 Å². The Labute approximate surface area is 139 Å². The van der Waals surface area contributed by atoms with Crippen molar-refractivity contribution in [3.05, 3.63) is 59.9 Å². The first-order valence-corrected chi connectivity index (χ1v) is 7.34. The third-order valence-electron chi connectivity index (χ3n) is 3.04. The standard InChI is InChI=1S/C14H13F.C4H6N2O3/c1-2-11-7-3-4-8-12(11)13-9-5-6-10-14(13)15;1-3(8)6-4(9)5-2-7/h3-10H,2H2,1H3;2H,1H3,(H2,5,6,7,8,9). The van der Waals surface area contributed by atoms with Crippen molar-refractivity contribution in [2.75, 3.05) is 0 Å². The van der Waals surface area contributed by atoms with Crippen molar-refractivity contribution in [2.24, 2.45) is 0 Å². The molecule has 0 saturated carbocycles. The molecular formula is C18H19FN2O3. The minimum absolute atomic E-state index is 0.154. The van der Waals surface area contributed by atoms with Gasteiger partial charge in [-0.2, -0.15) is 0 Å². The average molecular weight is 330 g/mol. The van der Waals surface area contributed by atoms with Crippen LogP contribution in [0.2, 0.25) is 0 Å². The van der Waals surface area contributed by atoms with E-state index in [1.54, 1.807) is 11.4 Å². The Bertz CT molecular complexity index is 717. The Morgan fingerprint density at radius 2 is 1.62 bits per heavy atom. The van der Waals surface area contributed by atoms with E-state index in [2.05, 4.69) is 6.92 Å². The van der Waals surface area contributed by atoms with E-state index in [-0.39, 0.29) is 12.2 Å². The molecule has 0 aromatic heterocycles. The topological polar surface area (TPSA) is 75.3 Å². The molecular weight excluding hydrogens is 311 g/mol. The highest BCUT2D eigenvalue weighted by Gasteiger charge is 2.06. The van der Waals surface area contributed by atoms with Crippen molar-refractivity contribution in [1.29, 1.82) is 0 Å². The van der Waals surface area contributed by atoms with Gasteiger partial charge in [-0.05, 0) is 23.6 Å². The number of carbonyl (C=O) groups excluding carboxylic acids is 3. The summed E-state index contributed by atoms with van der Waals surface area (Å²) in [7, 11) is 0. The van der Waals surface area contributed by atoms with Crippen molar-refractivity contribution in [1.82, 2.24) is 10.6 Å². The summed E-state index contributed by atoms with van der Waals surface area (Å²) in [5.74, 6) is -0.659. The molecule has 0 aliphatic rings. The van der Waals surface area contributed by atoms with Crippen LogP contribution in [-0.4, -0.2) is 18.3 Å². The molecule has 0 radical (unpaired) electrons. The fourth-order valence-electron chi connectivity index (χ4n) is 2.02. The maximum Gasteiger partial charge on any atom is 0.327 e. The highest BCUT2D eigenvalue weighted by Crippen LogP contribution is 2.26. The Kier molecular flexibility index (Phi) is 7.84. The second kappa shape index (κ2) is 9.89. The molecule has 126 valence electrons. The van der Waals surface area contributed by atoms with E-state index in [0.29, 0.717) is 5.56 Å². The molecule has 0 unspecified atom stereocenters. The molecule has 24 heavy (non-hydrogen) atoms. The van der Waals surface area contributed by atoms with Gasteiger partial charge in [-0.1, -0.05) is 49.4 Å². The van der Waals surface area contributed by atoms with Crippen LogP contribution in [-0.2, 0) is 16.0 Å². The van der Waals surface area contributed by atoms with Crippen LogP contribution in [0, 0.1) is 5.82 Å². The van der Waals surface area contributed by atoms with Crippen LogP contribution in [0.5, 0.6) is 0 Å². The lowest BCUT2D eigenvalue weighted by Crippen LogP contribution is -2.37. The molecule has 0 aliphatic carbocycles. The minimum atomic E-state index is -0.808. The first kappa shape index (κ1) is 19.0. The highest BCUT2D eigenvalue weighted by molar-refractivity contribution is 5.96. The fourth-order valence-corrected chi connectivity index (χ4v) is 2.02. The number of carbonyl (C=O) groups is 3. The van der Waals surface area contributed by atoms with Gasteiger partial charge in [0.25, 0.3) is 0 Å². The Morgan fingerprint density at radius 3 is 2.17 bits per heavy atom. The summed E-state index contributed by atoms with van der Waals surface area (Å²) in [4.78, 5) is 29.7. The van der Waals surface area contributed by atoms with Gasteiger partial charge in [0, 0.05) is 12.5 Å². The van der Waals surface area contributed by atoms with Crippen molar-refractivity contribution in [2.45, 2.75) is 20.3 Å². The van der Waals surface area contributed by atoms with Crippen LogP contribution in [0.25, 0.3) is 11.1 Å². The Hall–Kier alpha value is -3.02. The summed E-state index contributed by atoms with van der Waals surface area (Å²) in [6.45, 7) is 3.25. The number of hydrogen-bond acceptors (Lipinski definition) is 3. The fraction of sp³-hybridized carbons (Fsp3) is 0.167. The molecule has 6 heteroatoms. The maximum absolute atomic E-state index is 13.6. The number of urea groups is 1. The largest absolute Gasteiger partial charge is 0.327 e. The molecule has 2 rings (SSSR count). The molecule has 0 saturated heterocycles. The maximum atomic E-state index is 13.6. The zero-order valence-corrected chi connectivity index (χ0v) is 13.5. The zero-order valence-electron chi connectivity index (χ0n) is 13.5. The molecule has 2 aromatic carbocycles. The van der Waals surface area contributed by atoms with E-state index < -0.39 is 11.9 Å². The van der Waals surface area contributed by atoms with E-state index in [9.17, 15) is 18.8 Å². The third-order valence-corrected chi connectivity index (χ3v) is 3.04. The lowest BCUT2D eigenvalue weighted by Gasteiger charge is -2.08. The van der Waals surface area contributed by atoms with E-state index >= 15 is 0 Å². The summed E-state index contributed by atoms with van der Waals surface area (Å²) in [6.07, 6.45) is 1.11. The molecule has 0 aliphatic heterocycles. The molecule has 0 atom stereocenters. The number of aryl methyl sites for hydroxylation is 1. The molecule has 2 N–H and O–H groups in total. The first-order chi connectivity index (χ1) is 11.5. The number of benzene rings is 2.